The highest BCUT2D eigenvalue weighted by Gasteiger charge is 2.42. The highest BCUT2D eigenvalue weighted by Crippen LogP contribution is 2.30. The van der Waals surface area contributed by atoms with Gasteiger partial charge in [0.25, 0.3) is 6.43 Å². The number of halogens is 3. The summed E-state index contributed by atoms with van der Waals surface area (Å²) in [6.07, 6.45) is -6.00. The van der Waals surface area contributed by atoms with Gasteiger partial charge < -0.3 is 10.8 Å². The van der Waals surface area contributed by atoms with Crippen LogP contribution < -0.4 is 5.73 Å². The molecule has 1 fully saturated rings. The van der Waals surface area contributed by atoms with Gasteiger partial charge in [-0.2, -0.15) is 0 Å². The smallest absolute Gasteiger partial charge is 0.408 e. The fourth-order valence-electron chi connectivity index (χ4n) is 1.98. The highest BCUT2D eigenvalue weighted by atomic mass is 19.3. The van der Waals surface area contributed by atoms with Crippen LogP contribution in [0, 0.1) is 0 Å². The number of hydrogen-bond donors (Lipinski definition) is 2. The van der Waals surface area contributed by atoms with E-state index in [1.165, 1.54) is 0 Å². The first-order chi connectivity index (χ1) is 7.37. The topological polar surface area (TPSA) is 66.6 Å². The summed E-state index contributed by atoms with van der Waals surface area (Å²) >= 11 is 0. The van der Waals surface area contributed by atoms with Crippen LogP contribution in [0.4, 0.5) is 18.0 Å². The molecule has 94 valence electrons. The fraction of sp³-hybridized carbons (Fsp3) is 0.889. The molecule has 2 unspecified atom stereocenters. The fourth-order valence-corrected chi connectivity index (χ4v) is 1.98. The molecule has 1 aliphatic rings. The van der Waals surface area contributed by atoms with Crippen LogP contribution in [-0.2, 0) is 0 Å². The molecule has 1 saturated heterocycles. The molecule has 0 spiro atoms. The van der Waals surface area contributed by atoms with Crippen LogP contribution in [0.25, 0.3) is 0 Å². The van der Waals surface area contributed by atoms with Crippen molar-refractivity contribution in [2.75, 3.05) is 6.54 Å². The Morgan fingerprint density at radius 3 is 2.56 bits per heavy atom. The van der Waals surface area contributed by atoms with Gasteiger partial charge in [-0.3, -0.25) is 4.90 Å². The van der Waals surface area contributed by atoms with Crippen molar-refractivity contribution >= 4 is 6.09 Å². The van der Waals surface area contributed by atoms with Crippen molar-refractivity contribution in [1.29, 1.82) is 0 Å². The lowest BCUT2D eigenvalue weighted by Gasteiger charge is -2.43. The number of alkyl halides is 3. The van der Waals surface area contributed by atoms with Crippen LogP contribution in [0.15, 0.2) is 0 Å². The van der Waals surface area contributed by atoms with Gasteiger partial charge in [0.15, 0.2) is 6.17 Å². The van der Waals surface area contributed by atoms with E-state index >= 15 is 0 Å². The van der Waals surface area contributed by atoms with E-state index in [2.05, 4.69) is 0 Å². The number of likely N-dealkylation sites (tertiary alicyclic amines) is 1. The molecular weight excluding hydrogens is 225 g/mol. The molecular formula is C9H15F3N2O2. The van der Waals surface area contributed by atoms with Crippen LogP contribution in [0.1, 0.15) is 25.7 Å². The second-order valence-electron chi connectivity index (χ2n) is 4.05. The van der Waals surface area contributed by atoms with Crippen molar-refractivity contribution in [3.63, 3.8) is 0 Å². The van der Waals surface area contributed by atoms with Crippen LogP contribution in [0.5, 0.6) is 0 Å². The lowest BCUT2D eigenvalue weighted by atomic mass is 9.91. The van der Waals surface area contributed by atoms with Crippen molar-refractivity contribution < 1.29 is 23.1 Å². The Morgan fingerprint density at radius 1 is 1.44 bits per heavy atom. The predicted octanol–water partition coefficient (Wildman–Crippen LogP) is 1.80. The summed E-state index contributed by atoms with van der Waals surface area (Å²) in [5.74, 6) is 0. The first-order valence-electron chi connectivity index (χ1n) is 5.08. The molecule has 0 bridgehead atoms. The summed E-state index contributed by atoms with van der Waals surface area (Å²) in [5.41, 5.74) is 4.21. The molecule has 16 heavy (non-hydrogen) atoms. The number of carboxylic acid groups (broad SMARTS) is 1. The Morgan fingerprint density at radius 2 is 2.06 bits per heavy atom. The number of rotatable bonds is 3. The van der Waals surface area contributed by atoms with Crippen LogP contribution >= 0.6 is 0 Å². The minimum Gasteiger partial charge on any atom is -0.465 e. The summed E-state index contributed by atoms with van der Waals surface area (Å²) in [5, 5.41) is 8.86. The standard InChI is InChI=1S/C9H15F3N2O2/c10-6(7(11)12)5-9(13)3-1-2-4-14(9)8(15)16/h6-7H,1-5,13H2,(H,15,16). The predicted molar refractivity (Wildman–Crippen MR) is 51.0 cm³/mol. The van der Waals surface area contributed by atoms with E-state index in [1.54, 1.807) is 0 Å². The third-order valence-electron chi connectivity index (χ3n) is 2.83. The van der Waals surface area contributed by atoms with Crippen molar-refractivity contribution in [1.82, 2.24) is 4.90 Å². The summed E-state index contributed by atoms with van der Waals surface area (Å²) in [4.78, 5) is 11.7. The average molecular weight is 240 g/mol. The zero-order valence-corrected chi connectivity index (χ0v) is 8.70. The molecule has 0 aliphatic carbocycles. The lowest BCUT2D eigenvalue weighted by Crippen LogP contribution is -2.61. The van der Waals surface area contributed by atoms with Crippen LogP contribution in [0.3, 0.4) is 0 Å². The van der Waals surface area contributed by atoms with Crippen LogP contribution in [-0.4, -0.2) is 40.9 Å². The molecule has 1 amide bonds. The number of amides is 1. The second kappa shape index (κ2) is 4.90. The third kappa shape index (κ3) is 2.78. The number of hydrogen-bond acceptors (Lipinski definition) is 2. The largest absolute Gasteiger partial charge is 0.465 e. The first-order valence-corrected chi connectivity index (χ1v) is 5.08. The Labute approximate surface area is 91.2 Å². The van der Waals surface area contributed by atoms with Gasteiger partial charge in [-0.1, -0.05) is 0 Å². The molecule has 0 aromatic rings. The van der Waals surface area contributed by atoms with Gasteiger partial charge in [-0.05, 0) is 19.3 Å². The van der Waals surface area contributed by atoms with Gasteiger partial charge in [0.05, 0.1) is 5.66 Å². The van der Waals surface area contributed by atoms with E-state index in [-0.39, 0.29) is 13.0 Å². The number of piperidine rings is 1. The van der Waals surface area contributed by atoms with E-state index < -0.39 is 30.8 Å². The molecule has 1 heterocycles. The molecule has 7 heteroatoms. The van der Waals surface area contributed by atoms with Crippen molar-refractivity contribution in [3.05, 3.63) is 0 Å². The molecule has 4 nitrogen and oxygen atoms in total. The maximum absolute atomic E-state index is 12.9. The maximum atomic E-state index is 12.9. The van der Waals surface area contributed by atoms with E-state index in [4.69, 9.17) is 10.8 Å². The summed E-state index contributed by atoms with van der Waals surface area (Å²) < 4.78 is 37.1. The minimum atomic E-state index is -3.13. The minimum absolute atomic E-state index is 0.168. The van der Waals surface area contributed by atoms with Gasteiger partial charge in [0, 0.05) is 13.0 Å². The molecule has 0 saturated carbocycles. The van der Waals surface area contributed by atoms with Crippen molar-refractivity contribution in [3.8, 4) is 0 Å². The van der Waals surface area contributed by atoms with Gasteiger partial charge in [-0.15, -0.1) is 0 Å². The molecule has 0 radical (unpaired) electrons. The Balaban J connectivity index is 2.74. The first kappa shape index (κ1) is 13.1. The van der Waals surface area contributed by atoms with Gasteiger partial charge >= 0.3 is 6.09 Å². The van der Waals surface area contributed by atoms with Crippen LogP contribution in [0.2, 0.25) is 0 Å². The Kier molecular flexibility index (Phi) is 4.01. The third-order valence-corrected chi connectivity index (χ3v) is 2.83. The molecule has 2 atom stereocenters. The maximum Gasteiger partial charge on any atom is 0.408 e. The summed E-state index contributed by atoms with van der Waals surface area (Å²) in [7, 11) is 0. The van der Waals surface area contributed by atoms with Gasteiger partial charge in [-0.25, -0.2) is 18.0 Å². The lowest BCUT2D eigenvalue weighted by molar-refractivity contribution is -0.0146. The normalized spacial score (nSPS) is 28.2. The molecule has 1 aliphatic heterocycles. The van der Waals surface area contributed by atoms with Gasteiger partial charge in [0.1, 0.15) is 0 Å². The quantitative estimate of drug-likeness (QED) is 0.790. The average Bonchev–Trinajstić information content (AvgIpc) is 2.16. The van der Waals surface area contributed by atoms with E-state index in [0.717, 1.165) is 4.90 Å². The number of nitrogens with zero attached hydrogens (tertiary/aromatic N) is 1. The van der Waals surface area contributed by atoms with Gasteiger partial charge in [0.2, 0.25) is 0 Å². The number of carbonyl (C=O) groups is 1. The highest BCUT2D eigenvalue weighted by molar-refractivity contribution is 5.66. The monoisotopic (exact) mass is 240 g/mol. The summed E-state index contributed by atoms with van der Waals surface area (Å²) in [6, 6.07) is 0. The SMILES string of the molecule is NC1(CC(F)C(F)F)CCCCN1C(=O)O. The van der Waals surface area contributed by atoms with E-state index in [9.17, 15) is 18.0 Å². The van der Waals surface area contributed by atoms with E-state index in [0.29, 0.717) is 12.8 Å². The molecule has 1 rings (SSSR count). The zero-order chi connectivity index (χ0) is 12.3. The molecule has 0 aromatic heterocycles. The molecule has 3 N–H and O–H groups in total. The molecule has 0 aromatic carbocycles. The Bertz CT molecular complexity index is 265. The number of nitrogens with two attached hydrogens (primary N) is 1. The zero-order valence-electron chi connectivity index (χ0n) is 8.70. The second-order valence-corrected chi connectivity index (χ2v) is 4.05. The van der Waals surface area contributed by atoms with Crippen molar-refractivity contribution in [2.45, 2.75) is 43.9 Å². The van der Waals surface area contributed by atoms with Crippen molar-refractivity contribution in [2.24, 2.45) is 5.73 Å². The Hall–Kier alpha value is -0.980. The summed E-state index contributed by atoms with van der Waals surface area (Å²) in [6.45, 7) is 0.168. The van der Waals surface area contributed by atoms with E-state index in [1.807, 2.05) is 0 Å².